The molecule has 156 valence electrons. The van der Waals surface area contributed by atoms with E-state index in [0.29, 0.717) is 18.8 Å². The van der Waals surface area contributed by atoms with Crippen LogP contribution in [0.1, 0.15) is 23.7 Å². The van der Waals surface area contributed by atoms with Gasteiger partial charge in [0.25, 0.3) is 0 Å². The van der Waals surface area contributed by atoms with Crippen molar-refractivity contribution in [3.63, 3.8) is 0 Å². The van der Waals surface area contributed by atoms with Crippen molar-refractivity contribution < 1.29 is 13.2 Å². The van der Waals surface area contributed by atoms with E-state index >= 15 is 0 Å². The van der Waals surface area contributed by atoms with Crippen LogP contribution in [0.2, 0.25) is 0 Å². The predicted molar refractivity (Wildman–Crippen MR) is 117 cm³/mol. The minimum atomic E-state index is -3.33. The van der Waals surface area contributed by atoms with Crippen LogP contribution >= 0.6 is 0 Å². The number of hydrogen-bond donors (Lipinski definition) is 1. The van der Waals surface area contributed by atoms with Gasteiger partial charge in [-0.2, -0.15) is 0 Å². The lowest BCUT2D eigenvalue weighted by molar-refractivity contribution is 0.410. The molecule has 2 heterocycles. The Morgan fingerprint density at radius 3 is 2.77 bits per heavy atom. The molecule has 7 nitrogen and oxygen atoms in total. The van der Waals surface area contributed by atoms with Crippen molar-refractivity contribution >= 4 is 21.5 Å². The molecule has 8 heteroatoms. The van der Waals surface area contributed by atoms with Gasteiger partial charge >= 0.3 is 0 Å². The van der Waals surface area contributed by atoms with Gasteiger partial charge in [0.2, 0.25) is 10.0 Å². The zero-order valence-electron chi connectivity index (χ0n) is 16.9. The molecule has 0 aliphatic carbocycles. The summed E-state index contributed by atoms with van der Waals surface area (Å²) in [5, 5.41) is 2.75. The third-order valence-electron chi connectivity index (χ3n) is 5.31. The van der Waals surface area contributed by atoms with E-state index in [-0.39, 0.29) is 0 Å². The minimum absolute atomic E-state index is 0.521. The van der Waals surface area contributed by atoms with E-state index in [0.717, 1.165) is 34.7 Å². The molecular formula is C22H24N4O3S. The van der Waals surface area contributed by atoms with Gasteiger partial charge in [-0.25, -0.2) is 22.7 Å². The number of benzene rings is 2. The van der Waals surface area contributed by atoms with Gasteiger partial charge < -0.3 is 10.1 Å². The summed E-state index contributed by atoms with van der Waals surface area (Å²) in [6.07, 6.45) is 2.97. The highest BCUT2D eigenvalue weighted by Gasteiger charge is 2.34. The summed E-state index contributed by atoms with van der Waals surface area (Å²) >= 11 is 0. The van der Waals surface area contributed by atoms with E-state index in [1.165, 1.54) is 10.6 Å². The third kappa shape index (κ3) is 4.01. The number of methoxy groups -OCH3 is 1. The second kappa shape index (κ2) is 8.41. The molecule has 0 bridgehead atoms. The standard InChI is InChI=1S/C22H24N4O3S/c1-26-12-6-11-21(30(26,27)28)16-7-5-8-17(13-16)25-22-14-19(23-15-24-22)18-9-3-4-10-20(18)29-2/h3-5,7-10,13-15,21H,6,11-12H2,1-2H3,(H,23,24,25). The third-order valence-corrected chi connectivity index (χ3v) is 7.59. The molecule has 1 fully saturated rings. The SMILES string of the molecule is COc1ccccc1-c1cc(Nc2cccc(C3CCCN(C)S3(=O)=O)c2)ncn1. The Morgan fingerprint density at radius 2 is 1.93 bits per heavy atom. The highest BCUT2D eigenvalue weighted by molar-refractivity contribution is 7.89. The van der Waals surface area contributed by atoms with Crippen LogP contribution in [0.3, 0.4) is 0 Å². The Morgan fingerprint density at radius 1 is 1.10 bits per heavy atom. The predicted octanol–water partition coefficient (Wildman–Crippen LogP) is 3.99. The van der Waals surface area contributed by atoms with Gasteiger partial charge in [-0.05, 0) is 42.7 Å². The molecule has 1 aliphatic heterocycles. The Bertz CT molecular complexity index is 1150. The highest BCUT2D eigenvalue weighted by Crippen LogP contribution is 2.35. The number of rotatable bonds is 5. The van der Waals surface area contributed by atoms with Crippen LogP contribution in [0, 0.1) is 0 Å². The molecule has 1 aromatic heterocycles. The molecular weight excluding hydrogens is 400 g/mol. The highest BCUT2D eigenvalue weighted by atomic mass is 32.2. The minimum Gasteiger partial charge on any atom is -0.496 e. The zero-order chi connectivity index (χ0) is 21.1. The maximum atomic E-state index is 12.7. The first-order valence-electron chi connectivity index (χ1n) is 9.76. The summed E-state index contributed by atoms with van der Waals surface area (Å²) in [7, 11) is -0.0602. The van der Waals surface area contributed by atoms with Gasteiger partial charge in [-0.15, -0.1) is 0 Å². The molecule has 1 saturated heterocycles. The van der Waals surface area contributed by atoms with Crippen LogP contribution in [0.4, 0.5) is 11.5 Å². The fourth-order valence-corrected chi connectivity index (χ4v) is 5.50. The first kappa shape index (κ1) is 20.3. The molecule has 0 amide bonds. The van der Waals surface area contributed by atoms with Crippen molar-refractivity contribution in [2.24, 2.45) is 0 Å². The van der Waals surface area contributed by atoms with Crippen LogP contribution in [0.15, 0.2) is 60.9 Å². The van der Waals surface area contributed by atoms with Gasteiger partial charge in [-0.3, -0.25) is 0 Å². The second-order valence-electron chi connectivity index (χ2n) is 7.24. The molecule has 0 radical (unpaired) electrons. The Labute approximate surface area is 176 Å². The molecule has 1 atom stereocenters. The fraction of sp³-hybridized carbons (Fsp3) is 0.273. The summed E-state index contributed by atoms with van der Waals surface area (Å²) in [4.78, 5) is 8.67. The van der Waals surface area contributed by atoms with Gasteiger partial charge in [0.05, 0.1) is 12.8 Å². The largest absolute Gasteiger partial charge is 0.496 e. The quantitative estimate of drug-likeness (QED) is 0.667. The Hall–Kier alpha value is -2.97. The van der Waals surface area contributed by atoms with Crippen LogP contribution in [0.25, 0.3) is 11.3 Å². The van der Waals surface area contributed by atoms with Gasteiger partial charge in [0.1, 0.15) is 23.1 Å². The summed E-state index contributed by atoms with van der Waals surface area (Å²) in [6.45, 7) is 0.573. The Balaban J connectivity index is 1.61. The van der Waals surface area contributed by atoms with E-state index in [1.807, 2.05) is 54.6 Å². The Kier molecular flexibility index (Phi) is 5.69. The number of ether oxygens (including phenoxy) is 1. The fourth-order valence-electron chi connectivity index (χ4n) is 3.73. The average Bonchev–Trinajstić information content (AvgIpc) is 2.76. The molecule has 1 unspecified atom stereocenters. The lowest BCUT2D eigenvalue weighted by Crippen LogP contribution is -2.36. The summed E-state index contributed by atoms with van der Waals surface area (Å²) in [6, 6.07) is 17.0. The molecule has 0 saturated carbocycles. The number of sulfonamides is 1. The van der Waals surface area contributed by atoms with E-state index in [9.17, 15) is 8.42 Å². The monoisotopic (exact) mass is 424 g/mol. The first-order chi connectivity index (χ1) is 14.5. The van der Waals surface area contributed by atoms with Crippen molar-refractivity contribution in [2.45, 2.75) is 18.1 Å². The molecule has 1 aliphatic rings. The molecule has 0 spiro atoms. The van der Waals surface area contributed by atoms with E-state index < -0.39 is 15.3 Å². The second-order valence-corrected chi connectivity index (χ2v) is 9.46. The smallest absolute Gasteiger partial charge is 0.220 e. The summed E-state index contributed by atoms with van der Waals surface area (Å²) < 4.78 is 32.3. The van der Waals surface area contributed by atoms with Crippen LogP contribution in [-0.2, 0) is 10.0 Å². The number of aromatic nitrogens is 2. The van der Waals surface area contributed by atoms with Gasteiger partial charge in [0.15, 0.2) is 0 Å². The normalized spacial score (nSPS) is 18.7. The first-order valence-corrected chi connectivity index (χ1v) is 11.3. The molecule has 3 aromatic rings. The number of nitrogens with zero attached hydrogens (tertiary/aromatic N) is 3. The van der Waals surface area contributed by atoms with E-state index in [4.69, 9.17) is 4.74 Å². The van der Waals surface area contributed by atoms with Gasteiger partial charge in [-0.1, -0.05) is 24.3 Å². The number of anilines is 2. The van der Waals surface area contributed by atoms with E-state index in [1.54, 1.807) is 14.2 Å². The summed E-state index contributed by atoms with van der Waals surface area (Å²) in [5.74, 6) is 1.35. The molecule has 30 heavy (non-hydrogen) atoms. The van der Waals surface area contributed by atoms with Crippen LogP contribution in [-0.4, -0.2) is 43.4 Å². The molecule has 2 aromatic carbocycles. The van der Waals surface area contributed by atoms with Crippen LogP contribution in [0.5, 0.6) is 5.75 Å². The number of nitrogens with one attached hydrogen (secondary N) is 1. The number of hydrogen-bond acceptors (Lipinski definition) is 6. The lowest BCUT2D eigenvalue weighted by atomic mass is 10.1. The molecule has 1 N–H and O–H groups in total. The maximum absolute atomic E-state index is 12.7. The topological polar surface area (TPSA) is 84.4 Å². The van der Waals surface area contributed by atoms with Crippen molar-refractivity contribution in [2.75, 3.05) is 26.0 Å². The van der Waals surface area contributed by atoms with Gasteiger partial charge in [0, 0.05) is 30.9 Å². The maximum Gasteiger partial charge on any atom is 0.220 e. The van der Waals surface area contributed by atoms with Crippen molar-refractivity contribution in [1.29, 1.82) is 0 Å². The zero-order valence-corrected chi connectivity index (χ0v) is 17.8. The number of para-hydroxylation sites is 1. The van der Waals surface area contributed by atoms with Crippen molar-refractivity contribution in [1.82, 2.24) is 14.3 Å². The van der Waals surface area contributed by atoms with E-state index in [2.05, 4.69) is 15.3 Å². The van der Waals surface area contributed by atoms with Crippen molar-refractivity contribution in [3.05, 3.63) is 66.5 Å². The summed E-state index contributed by atoms with van der Waals surface area (Å²) in [5.41, 5.74) is 3.17. The average molecular weight is 425 g/mol. The van der Waals surface area contributed by atoms with Crippen LogP contribution < -0.4 is 10.1 Å². The molecule has 4 rings (SSSR count). The lowest BCUT2D eigenvalue weighted by Gasteiger charge is -2.30. The van der Waals surface area contributed by atoms with Crippen molar-refractivity contribution in [3.8, 4) is 17.0 Å².